The van der Waals surface area contributed by atoms with Gasteiger partial charge in [0.1, 0.15) is 0 Å². The number of aliphatic hydroxyl groups is 1. The van der Waals surface area contributed by atoms with Gasteiger partial charge in [0.25, 0.3) is 0 Å². The maximum Gasteiger partial charge on any atom is 0.223 e. The molecule has 18 heavy (non-hydrogen) atoms. The molecule has 4 nitrogen and oxygen atoms in total. The van der Waals surface area contributed by atoms with Crippen LogP contribution in [0.4, 0.5) is 0 Å². The molecule has 2 atom stereocenters. The molecule has 0 aromatic carbocycles. The van der Waals surface area contributed by atoms with Crippen molar-refractivity contribution in [2.24, 2.45) is 5.92 Å². The first kappa shape index (κ1) is 14.2. The van der Waals surface area contributed by atoms with Gasteiger partial charge in [0.15, 0.2) is 0 Å². The van der Waals surface area contributed by atoms with Gasteiger partial charge in [-0.3, -0.25) is 4.79 Å². The minimum absolute atomic E-state index is 0.00577. The lowest BCUT2D eigenvalue weighted by Gasteiger charge is -2.37. The van der Waals surface area contributed by atoms with Gasteiger partial charge in [-0.25, -0.2) is 0 Å². The molecular formula is C13H23NO3S. The fourth-order valence-electron chi connectivity index (χ4n) is 2.68. The number of hydrogen-bond acceptors (Lipinski definition) is 4. The summed E-state index contributed by atoms with van der Waals surface area (Å²) < 4.78 is 5.56. The summed E-state index contributed by atoms with van der Waals surface area (Å²) in [5, 5.41) is 9.16. The average Bonchev–Trinajstić information content (AvgIpc) is 2.39. The smallest absolute Gasteiger partial charge is 0.223 e. The number of morpholine rings is 1. The average molecular weight is 273 g/mol. The fraction of sp³-hybridized carbons (Fsp3) is 0.923. The number of hydrogen-bond donors (Lipinski definition) is 1. The van der Waals surface area contributed by atoms with Crippen molar-refractivity contribution >= 4 is 17.7 Å². The summed E-state index contributed by atoms with van der Waals surface area (Å²) in [4.78, 5) is 14.1. The third-order valence-corrected chi connectivity index (χ3v) is 4.74. The van der Waals surface area contributed by atoms with E-state index in [1.807, 2.05) is 23.6 Å². The minimum atomic E-state index is -0.209. The predicted molar refractivity (Wildman–Crippen MR) is 72.7 cm³/mol. The normalized spacial score (nSPS) is 30.4. The molecular weight excluding hydrogens is 250 g/mol. The van der Waals surface area contributed by atoms with Crippen molar-refractivity contribution in [3.8, 4) is 0 Å². The van der Waals surface area contributed by atoms with Crippen LogP contribution in [0.5, 0.6) is 0 Å². The van der Waals surface area contributed by atoms with Gasteiger partial charge in [-0.1, -0.05) is 0 Å². The van der Waals surface area contributed by atoms with Crippen LogP contribution in [0.1, 0.15) is 26.2 Å². The molecule has 104 valence electrons. The Bertz CT molecular complexity index is 281. The molecule has 1 amide bonds. The number of carbonyl (C=O) groups excluding carboxylic acids is 1. The second kappa shape index (κ2) is 6.78. The Morgan fingerprint density at radius 1 is 1.39 bits per heavy atom. The second-order valence-corrected chi connectivity index (χ2v) is 6.53. The van der Waals surface area contributed by atoms with E-state index in [0.717, 1.165) is 0 Å². The number of ether oxygens (including phenoxy) is 1. The van der Waals surface area contributed by atoms with Gasteiger partial charge in [-0.05, 0) is 37.2 Å². The van der Waals surface area contributed by atoms with Gasteiger partial charge in [-0.15, -0.1) is 0 Å². The highest BCUT2D eigenvalue weighted by Crippen LogP contribution is 2.26. The van der Waals surface area contributed by atoms with Gasteiger partial charge in [0.05, 0.1) is 18.8 Å². The highest BCUT2D eigenvalue weighted by molar-refractivity contribution is 7.99. The van der Waals surface area contributed by atoms with E-state index in [1.165, 1.54) is 24.3 Å². The largest absolute Gasteiger partial charge is 0.394 e. The maximum absolute atomic E-state index is 12.3. The van der Waals surface area contributed by atoms with Crippen LogP contribution >= 0.6 is 11.8 Å². The lowest BCUT2D eigenvalue weighted by atomic mass is 9.98. The van der Waals surface area contributed by atoms with Crippen molar-refractivity contribution in [2.45, 2.75) is 38.4 Å². The molecule has 0 aromatic heterocycles. The number of aliphatic hydroxyl groups excluding tert-OH is 1. The van der Waals surface area contributed by atoms with Crippen molar-refractivity contribution < 1.29 is 14.6 Å². The highest BCUT2D eigenvalue weighted by atomic mass is 32.2. The Hall–Kier alpha value is -0.260. The highest BCUT2D eigenvalue weighted by Gasteiger charge is 2.29. The Morgan fingerprint density at radius 3 is 2.78 bits per heavy atom. The van der Waals surface area contributed by atoms with E-state index in [4.69, 9.17) is 9.84 Å². The maximum atomic E-state index is 12.3. The molecule has 2 rings (SSSR count). The molecule has 2 aliphatic rings. The Morgan fingerprint density at radius 2 is 2.11 bits per heavy atom. The van der Waals surface area contributed by atoms with E-state index in [-0.39, 0.29) is 24.7 Å². The predicted octanol–water partition coefficient (Wildman–Crippen LogP) is 1.13. The standard InChI is InChI=1S/C13H23NO3S/c1-10-7-14(8-12(9-15)17-10)13(16)6-11-2-4-18-5-3-11/h10-12,15H,2-9H2,1H3. The lowest BCUT2D eigenvalue weighted by Crippen LogP contribution is -2.50. The SMILES string of the molecule is CC1CN(C(=O)CC2CCSCC2)CC(CO)O1. The molecule has 0 bridgehead atoms. The first-order valence-corrected chi connectivity index (χ1v) is 7.96. The molecule has 2 unspecified atom stereocenters. The zero-order valence-corrected chi connectivity index (χ0v) is 11.8. The van der Waals surface area contributed by atoms with Crippen molar-refractivity contribution in [1.82, 2.24) is 4.90 Å². The summed E-state index contributed by atoms with van der Waals surface area (Å²) in [6.07, 6.45) is 2.83. The van der Waals surface area contributed by atoms with Crippen LogP contribution in [0.2, 0.25) is 0 Å². The summed E-state index contributed by atoms with van der Waals surface area (Å²) in [5.74, 6) is 3.18. The first-order chi connectivity index (χ1) is 8.69. The molecule has 1 N–H and O–H groups in total. The minimum Gasteiger partial charge on any atom is -0.394 e. The molecule has 2 saturated heterocycles. The van der Waals surface area contributed by atoms with Crippen LogP contribution < -0.4 is 0 Å². The Balaban J connectivity index is 1.83. The number of rotatable bonds is 3. The molecule has 0 aliphatic carbocycles. The van der Waals surface area contributed by atoms with Crippen LogP contribution in [0.15, 0.2) is 0 Å². The van der Waals surface area contributed by atoms with Crippen LogP contribution in [-0.2, 0) is 9.53 Å². The molecule has 2 fully saturated rings. The number of thioether (sulfide) groups is 1. The topological polar surface area (TPSA) is 49.8 Å². The summed E-state index contributed by atoms with van der Waals surface area (Å²) in [7, 11) is 0. The number of amides is 1. The van der Waals surface area contributed by atoms with E-state index < -0.39 is 0 Å². The molecule has 0 radical (unpaired) electrons. The molecule has 5 heteroatoms. The Labute approximate surface area is 113 Å². The lowest BCUT2D eigenvalue weighted by molar-refractivity contribution is -0.148. The summed E-state index contributed by atoms with van der Waals surface area (Å²) in [6.45, 7) is 3.16. The van der Waals surface area contributed by atoms with E-state index in [2.05, 4.69) is 0 Å². The van der Waals surface area contributed by atoms with Gasteiger partial charge in [0.2, 0.25) is 5.91 Å². The summed E-state index contributed by atoms with van der Waals surface area (Å²) >= 11 is 1.99. The third kappa shape index (κ3) is 3.87. The molecule has 2 aliphatic heterocycles. The van der Waals surface area contributed by atoms with E-state index in [9.17, 15) is 4.79 Å². The molecule has 0 aromatic rings. The van der Waals surface area contributed by atoms with E-state index in [0.29, 0.717) is 25.4 Å². The van der Waals surface area contributed by atoms with Gasteiger partial charge >= 0.3 is 0 Å². The molecule has 0 spiro atoms. The zero-order valence-electron chi connectivity index (χ0n) is 11.0. The summed E-state index contributed by atoms with van der Waals surface area (Å²) in [6, 6.07) is 0. The van der Waals surface area contributed by atoms with Crippen molar-refractivity contribution in [3.05, 3.63) is 0 Å². The van der Waals surface area contributed by atoms with Crippen molar-refractivity contribution in [3.63, 3.8) is 0 Å². The monoisotopic (exact) mass is 273 g/mol. The van der Waals surface area contributed by atoms with Crippen LogP contribution in [0, 0.1) is 5.92 Å². The van der Waals surface area contributed by atoms with Gasteiger partial charge < -0.3 is 14.7 Å². The fourth-order valence-corrected chi connectivity index (χ4v) is 3.88. The number of carbonyl (C=O) groups is 1. The van der Waals surface area contributed by atoms with Crippen LogP contribution in [0.3, 0.4) is 0 Å². The molecule has 0 saturated carbocycles. The first-order valence-electron chi connectivity index (χ1n) is 6.81. The van der Waals surface area contributed by atoms with Gasteiger partial charge in [0, 0.05) is 19.5 Å². The Kier molecular flexibility index (Phi) is 5.33. The summed E-state index contributed by atoms with van der Waals surface area (Å²) in [5.41, 5.74) is 0. The second-order valence-electron chi connectivity index (χ2n) is 5.31. The van der Waals surface area contributed by atoms with Crippen LogP contribution in [0.25, 0.3) is 0 Å². The van der Waals surface area contributed by atoms with Gasteiger partial charge in [-0.2, -0.15) is 11.8 Å². The van der Waals surface area contributed by atoms with Crippen LogP contribution in [-0.4, -0.2) is 59.3 Å². The van der Waals surface area contributed by atoms with E-state index in [1.54, 1.807) is 0 Å². The van der Waals surface area contributed by atoms with Crippen molar-refractivity contribution in [2.75, 3.05) is 31.2 Å². The third-order valence-electron chi connectivity index (χ3n) is 3.69. The van der Waals surface area contributed by atoms with Crippen molar-refractivity contribution in [1.29, 1.82) is 0 Å². The zero-order chi connectivity index (χ0) is 13.0. The molecule has 2 heterocycles. The number of nitrogens with zero attached hydrogens (tertiary/aromatic N) is 1. The van der Waals surface area contributed by atoms with E-state index >= 15 is 0 Å². The quantitative estimate of drug-likeness (QED) is 0.837.